The lowest BCUT2D eigenvalue weighted by Gasteiger charge is -2.24. The van der Waals surface area contributed by atoms with Gasteiger partial charge in [0, 0.05) is 12.3 Å². The van der Waals surface area contributed by atoms with Crippen molar-refractivity contribution >= 4 is 23.5 Å². The van der Waals surface area contributed by atoms with Crippen LogP contribution < -0.4 is 10.9 Å². The fourth-order valence-corrected chi connectivity index (χ4v) is 3.15. The molecule has 1 aliphatic rings. The number of H-pyrrole nitrogens is 1. The van der Waals surface area contributed by atoms with Crippen molar-refractivity contribution < 1.29 is 4.79 Å². The molecular formula is C17H15N3O2S. The van der Waals surface area contributed by atoms with E-state index in [1.54, 1.807) is 0 Å². The molecule has 0 saturated heterocycles. The number of benzene rings is 1. The molecule has 3 rings (SSSR count). The number of thioether (sulfide) groups is 1. The Morgan fingerprint density at radius 2 is 2.09 bits per heavy atom. The molecule has 23 heavy (non-hydrogen) atoms. The van der Waals surface area contributed by atoms with E-state index in [0.717, 1.165) is 11.1 Å². The Kier molecular flexibility index (Phi) is 4.22. The molecule has 0 bridgehead atoms. The van der Waals surface area contributed by atoms with Gasteiger partial charge in [0.15, 0.2) is 5.16 Å². The van der Waals surface area contributed by atoms with Gasteiger partial charge in [-0.05, 0) is 12.5 Å². The van der Waals surface area contributed by atoms with Crippen LogP contribution in [0, 0.1) is 19.3 Å². The summed E-state index contributed by atoms with van der Waals surface area (Å²) in [5, 5.41) is 3.11. The van der Waals surface area contributed by atoms with E-state index in [2.05, 4.69) is 21.2 Å². The first-order valence-corrected chi connectivity index (χ1v) is 8.14. The number of nitrogens with zero attached hydrogens (tertiary/aromatic N) is 1. The number of aryl methyl sites for hydroxylation is 1. The summed E-state index contributed by atoms with van der Waals surface area (Å²) in [5.41, 5.74) is 2.32. The van der Waals surface area contributed by atoms with Gasteiger partial charge in [-0.25, -0.2) is 4.98 Å². The summed E-state index contributed by atoms with van der Waals surface area (Å²) < 4.78 is 0. The van der Waals surface area contributed by atoms with E-state index in [1.165, 1.54) is 11.8 Å². The van der Waals surface area contributed by atoms with Crippen molar-refractivity contribution in [2.75, 3.05) is 11.1 Å². The number of amides is 1. The van der Waals surface area contributed by atoms with Gasteiger partial charge in [0.1, 0.15) is 5.82 Å². The topological polar surface area (TPSA) is 74.8 Å². The Hall–Kier alpha value is -2.52. The maximum Gasteiger partial charge on any atom is 0.257 e. The third-order valence-corrected chi connectivity index (χ3v) is 4.48. The minimum absolute atomic E-state index is 0.144. The van der Waals surface area contributed by atoms with Gasteiger partial charge in [-0.15, -0.1) is 6.42 Å². The van der Waals surface area contributed by atoms with Gasteiger partial charge in [-0.2, -0.15) is 0 Å². The molecule has 116 valence electrons. The Morgan fingerprint density at radius 3 is 2.78 bits per heavy atom. The third-order valence-electron chi connectivity index (χ3n) is 3.70. The van der Waals surface area contributed by atoms with E-state index >= 15 is 0 Å². The van der Waals surface area contributed by atoms with Gasteiger partial charge in [0.25, 0.3) is 5.56 Å². The zero-order valence-corrected chi connectivity index (χ0v) is 13.4. The van der Waals surface area contributed by atoms with E-state index < -0.39 is 0 Å². The lowest BCUT2D eigenvalue weighted by atomic mass is 9.86. The molecule has 0 aliphatic carbocycles. The number of carbonyl (C=O) groups excluding carboxylic acids is 1. The zero-order chi connectivity index (χ0) is 16.4. The van der Waals surface area contributed by atoms with E-state index in [9.17, 15) is 9.59 Å². The highest BCUT2D eigenvalue weighted by Gasteiger charge is 2.30. The monoisotopic (exact) mass is 325 g/mol. The number of nitrogens with one attached hydrogen (secondary N) is 2. The molecule has 6 heteroatoms. The van der Waals surface area contributed by atoms with E-state index in [4.69, 9.17) is 6.42 Å². The summed E-state index contributed by atoms with van der Waals surface area (Å²) in [6.07, 6.45) is 5.46. The Balaban J connectivity index is 2.07. The molecule has 1 aromatic carbocycles. The van der Waals surface area contributed by atoms with Crippen LogP contribution in [0.15, 0.2) is 34.2 Å². The lowest BCUT2D eigenvalue weighted by Crippen LogP contribution is -2.31. The number of aromatic nitrogens is 2. The SMILES string of the molecule is C#CCSc1nc2c(c(=O)[nH]1)C(c1ccc(C)cc1)CC(=O)N2. The van der Waals surface area contributed by atoms with Gasteiger partial charge in [0.05, 0.1) is 11.3 Å². The van der Waals surface area contributed by atoms with Gasteiger partial charge in [0.2, 0.25) is 5.91 Å². The molecule has 0 radical (unpaired) electrons. The van der Waals surface area contributed by atoms with Crippen LogP contribution in [0.1, 0.15) is 29.0 Å². The van der Waals surface area contributed by atoms with Crippen LogP contribution >= 0.6 is 11.8 Å². The second-order valence-electron chi connectivity index (χ2n) is 5.34. The van der Waals surface area contributed by atoms with Crippen LogP contribution in [0.25, 0.3) is 0 Å². The second kappa shape index (κ2) is 6.31. The van der Waals surface area contributed by atoms with Crippen molar-refractivity contribution in [3.63, 3.8) is 0 Å². The van der Waals surface area contributed by atoms with Crippen LogP contribution in [0.4, 0.5) is 5.82 Å². The normalized spacial score (nSPS) is 16.3. The molecule has 0 fully saturated rings. The minimum Gasteiger partial charge on any atom is -0.310 e. The van der Waals surface area contributed by atoms with E-state index in [-0.39, 0.29) is 23.8 Å². The minimum atomic E-state index is -0.290. The molecular weight excluding hydrogens is 310 g/mol. The lowest BCUT2D eigenvalue weighted by molar-refractivity contribution is -0.116. The Labute approximate surface area is 137 Å². The highest BCUT2D eigenvalue weighted by molar-refractivity contribution is 7.99. The zero-order valence-electron chi connectivity index (χ0n) is 12.6. The number of fused-ring (bicyclic) bond motifs is 1. The van der Waals surface area contributed by atoms with Crippen LogP contribution in [-0.2, 0) is 4.79 Å². The summed E-state index contributed by atoms with van der Waals surface area (Å²) >= 11 is 1.25. The van der Waals surface area contributed by atoms with Crippen molar-refractivity contribution in [3.05, 3.63) is 51.3 Å². The van der Waals surface area contributed by atoms with Crippen molar-refractivity contribution in [2.45, 2.75) is 24.4 Å². The van der Waals surface area contributed by atoms with Gasteiger partial charge in [-0.3, -0.25) is 9.59 Å². The fourth-order valence-electron chi connectivity index (χ4n) is 2.61. The van der Waals surface area contributed by atoms with Crippen LogP contribution in [-0.4, -0.2) is 21.6 Å². The quantitative estimate of drug-likeness (QED) is 0.516. The summed E-state index contributed by atoms with van der Waals surface area (Å²) in [6, 6.07) is 7.84. The Bertz CT molecular complexity index is 850. The molecule has 0 saturated carbocycles. The summed E-state index contributed by atoms with van der Waals surface area (Å²) in [6.45, 7) is 1.99. The highest BCUT2D eigenvalue weighted by atomic mass is 32.2. The summed E-state index contributed by atoms with van der Waals surface area (Å²) in [4.78, 5) is 31.6. The van der Waals surface area contributed by atoms with Crippen molar-refractivity contribution in [1.82, 2.24) is 9.97 Å². The standard InChI is InChI=1S/C17H15N3O2S/c1-3-8-23-17-19-15-14(16(22)20-17)12(9-13(21)18-15)11-6-4-10(2)5-7-11/h1,4-7,12H,8-9H2,2H3,(H2,18,19,20,21,22). The first-order valence-electron chi connectivity index (χ1n) is 7.15. The van der Waals surface area contributed by atoms with Crippen LogP contribution in [0.2, 0.25) is 0 Å². The predicted molar refractivity (Wildman–Crippen MR) is 90.7 cm³/mol. The third kappa shape index (κ3) is 3.15. The first-order chi connectivity index (χ1) is 11.1. The molecule has 2 heterocycles. The Morgan fingerprint density at radius 1 is 1.35 bits per heavy atom. The maximum atomic E-state index is 12.5. The number of terminal acetylenes is 1. The number of carbonyl (C=O) groups is 1. The molecule has 2 aromatic rings. The number of hydrogen-bond acceptors (Lipinski definition) is 4. The van der Waals surface area contributed by atoms with Gasteiger partial charge in [-0.1, -0.05) is 47.5 Å². The molecule has 1 amide bonds. The fraction of sp³-hybridized carbons (Fsp3) is 0.235. The highest BCUT2D eigenvalue weighted by Crippen LogP contribution is 2.34. The van der Waals surface area contributed by atoms with Crippen molar-refractivity contribution in [1.29, 1.82) is 0 Å². The summed E-state index contributed by atoms with van der Waals surface area (Å²) in [5.74, 6) is 2.77. The molecule has 1 aliphatic heterocycles. The molecule has 0 spiro atoms. The number of hydrogen-bond donors (Lipinski definition) is 2. The first kappa shape index (κ1) is 15.4. The molecule has 2 N–H and O–H groups in total. The molecule has 5 nitrogen and oxygen atoms in total. The van der Waals surface area contributed by atoms with Gasteiger partial charge >= 0.3 is 0 Å². The molecule has 1 unspecified atom stereocenters. The largest absolute Gasteiger partial charge is 0.310 e. The summed E-state index contributed by atoms with van der Waals surface area (Å²) in [7, 11) is 0. The van der Waals surface area contributed by atoms with Crippen molar-refractivity contribution in [3.8, 4) is 12.3 Å². The molecule has 1 aromatic heterocycles. The van der Waals surface area contributed by atoms with Crippen LogP contribution in [0.5, 0.6) is 0 Å². The number of aromatic amines is 1. The molecule has 1 atom stereocenters. The average Bonchev–Trinajstić information content (AvgIpc) is 2.52. The van der Waals surface area contributed by atoms with E-state index in [1.807, 2.05) is 31.2 Å². The average molecular weight is 325 g/mol. The smallest absolute Gasteiger partial charge is 0.257 e. The van der Waals surface area contributed by atoms with Crippen LogP contribution in [0.3, 0.4) is 0 Å². The number of anilines is 1. The second-order valence-corrected chi connectivity index (χ2v) is 6.31. The number of rotatable bonds is 3. The predicted octanol–water partition coefficient (Wildman–Crippen LogP) is 2.28. The maximum absolute atomic E-state index is 12.5. The van der Waals surface area contributed by atoms with Crippen molar-refractivity contribution in [2.24, 2.45) is 0 Å². The van der Waals surface area contributed by atoms with E-state index in [0.29, 0.717) is 22.3 Å². The van der Waals surface area contributed by atoms with Gasteiger partial charge < -0.3 is 10.3 Å².